The van der Waals surface area contributed by atoms with Crippen molar-refractivity contribution in [3.05, 3.63) is 52.5 Å². The minimum absolute atomic E-state index is 0.0216. The van der Waals surface area contributed by atoms with E-state index in [2.05, 4.69) is 9.71 Å². The number of nitrogens with one attached hydrogen (secondary N) is 1. The Kier molecular flexibility index (Phi) is 5.61. The molecule has 0 spiro atoms. The van der Waals surface area contributed by atoms with Crippen molar-refractivity contribution in [1.29, 1.82) is 0 Å². The number of halogens is 2. The number of amidine groups is 1. The highest BCUT2D eigenvalue weighted by atomic mass is 35.5. The highest BCUT2D eigenvalue weighted by molar-refractivity contribution is 8.13. The average molecular weight is 430 g/mol. The van der Waals surface area contributed by atoms with Crippen LogP contribution in [-0.4, -0.2) is 24.9 Å². The number of rotatable bonds is 4. The largest absolute Gasteiger partial charge is 0.379 e. The van der Waals surface area contributed by atoms with Gasteiger partial charge in [-0.05, 0) is 50.5 Å². The van der Waals surface area contributed by atoms with Gasteiger partial charge in [0.15, 0.2) is 5.17 Å². The second-order valence-corrected chi connectivity index (χ2v) is 10.0. The smallest absolute Gasteiger partial charge is 0.262 e. The maximum atomic E-state index is 14.4. The van der Waals surface area contributed by atoms with Gasteiger partial charge in [0.1, 0.15) is 5.83 Å². The Morgan fingerprint density at radius 2 is 2.19 bits per heavy atom. The van der Waals surface area contributed by atoms with Gasteiger partial charge in [-0.1, -0.05) is 35.5 Å². The van der Waals surface area contributed by atoms with E-state index in [9.17, 15) is 12.8 Å². The second-order valence-electron chi connectivity index (χ2n) is 6.85. The Hall–Kier alpha value is -1.51. The predicted molar refractivity (Wildman–Crippen MR) is 109 cm³/mol. The Bertz CT molecular complexity index is 959. The van der Waals surface area contributed by atoms with Crippen LogP contribution >= 0.6 is 23.4 Å². The molecule has 27 heavy (non-hydrogen) atoms. The zero-order chi connectivity index (χ0) is 19.8. The molecule has 0 radical (unpaired) electrons. The van der Waals surface area contributed by atoms with E-state index in [0.29, 0.717) is 22.2 Å². The van der Waals surface area contributed by atoms with Gasteiger partial charge >= 0.3 is 0 Å². The number of hydrogen-bond donors (Lipinski definition) is 2. The molecule has 0 saturated carbocycles. The van der Waals surface area contributed by atoms with E-state index in [1.165, 1.54) is 23.9 Å². The van der Waals surface area contributed by atoms with Crippen LogP contribution < -0.4 is 10.5 Å². The van der Waals surface area contributed by atoms with Crippen molar-refractivity contribution >= 4 is 38.6 Å². The van der Waals surface area contributed by atoms with Gasteiger partial charge in [0.2, 0.25) is 0 Å². The first-order valence-electron chi connectivity index (χ1n) is 8.46. The first-order valence-corrected chi connectivity index (χ1v) is 11.3. The maximum absolute atomic E-state index is 14.4. The SMILES string of the molecule is Cc1c(Cl)cccc1S(=O)(=O)NC1=CC(C2(C)CCSC(N)=N2)CC=C1F. The van der Waals surface area contributed by atoms with Gasteiger partial charge in [0.05, 0.1) is 16.1 Å². The van der Waals surface area contributed by atoms with Crippen molar-refractivity contribution in [2.75, 3.05) is 5.75 Å². The van der Waals surface area contributed by atoms with Crippen LogP contribution in [0.4, 0.5) is 4.39 Å². The van der Waals surface area contributed by atoms with Crippen molar-refractivity contribution in [3.8, 4) is 0 Å². The molecule has 3 N–H and O–H groups in total. The van der Waals surface area contributed by atoms with Crippen molar-refractivity contribution in [2.45, 2.75) is 37.1 Å². The predicted octanol–water partition coefficient (Wildman–Crippen LogP) is 3.89. The monoisotopic (exact) mass is 429 g/mol. The maximum Gasteiger partial charge on any atom is 0.262 e. The average Bonchev–Trinajstić information content (AvgIpc) is 2.58. The van der Waals surface area contributed by atoms with Crippen molar-refractivity contribution in [1.82, 2.24) is 4.72 Å². The lowest BCUT2D eigenvalue weighted by Crippen LogP contribution is -2.39. The molecule has 3 rings (SSSR count). The first kappa shape index (κ1) is 20.2. The molecule has 0 amide bonds. The summed E-state index contributed by atoms with van der Waals surface area (Å²) in [6.07, 6.45) is 4.22. The van der Waals surface area contributed by atoms with Gasteiger partial charge in [-0.25, -0.2) is 12.8 Å². The fourth-order valence-electron chi connectivity index (χ4n) is 3.25. The first-order chi connectivity index (χ1) is 12.6. The lowest BCUT2D eigenvalue weighted by molar-refractivity contribution is 0.336. The van der Waals surface area contributed by atoms with Gasteiger partial charge in [-0.15, -0.1) is 0 Å². The normalized spacial score (nSPS) is 26.1. The summed E-state index contributed by atoms with van der Waals surface area (Å²) in [4.78, 5) is 4.57. The van der Waals surface area contributed by atoms with Crippen LogP contribution in [0.5, 0.6) is 0 Å². The van der Waals surface area contributed by atoms with E-state index in [1.54, 1.807) is 25.1 Å². The molecule has 0 bridgehead atoms. The van der Waals surface area contributed by atoms with Gasteiger partial charge in [-0.2, -0.15) is 0 Å². The Balaban J connectivity index is 1.93. The van der Waals surface area contributed by atoms with Crippen LogP contribution in [-0.2, 0) is 10.0 Å². The summed E-state index contributed by atoms with van der Waals surface area (Å²) in [5.74, 6) is 0.0698. The quantitative estimate of drug-likeness (QED) is 0.760. The highest BCUT2D eigenvalue weighted by Crippen LogP contribution is 2.39. The van der Waals surface area contributed by atoms with Gasteiger partial charge < -0.3 is 5.73 Å². The van der Waals surface area contributed by atoms with Crippen LogP contribution in [0.2, 0.25) is 5.02 Å². The number of sulfonamides is 1. The Labute approximate surface area is 168 Å². The van der Waals surface area contributed by atoms with Gasteiger partial charge in [0.25, 0.3) is 10.0 Å². The van der Waals surface area contributed by atoms with E-state index < -0.39 is 21.4 Å². The molecule has 1 aromatic carbocycles. The number of hydrogen-bond acceptors (Lipinski definition) is 5. The lowest BCUT2D eigenvalue weighted by Gasteiger charge is -2.36. The zero-order valence-electron chi connectivity index (χ0n) is 15.0. The third kappa shape index (κ3) is 4.17. The van der Waals surface area contributed by atoms with E-state index in [1.807, 2.05) is 6.92 Å². The van der Waals surface area contributed by atoms with E-state index in [0.717, 1.165) is 12.2 Å². The summed E-state index contributed by atoms with van der Waals surface area (Å²) in [6.45, 7) is 3.57. The minimum atomic E-state index is -3.98. The lowest BCUT2D eigenvalue weighted by atomic mass is 9.79. The minimum Gasteiger partial charge on any atom is -0.379 e. The topological polar surface area (TPSA) is 84.5 Å². The molecular formula is C18H21ClFN3O2S2. The van der Waals surface area contributed by atoms with Crippen molar-refractivity contribution in [2.24, 2.45) is 16.6 Å². The molecular weight excluding hydrogens is 409 g/mol. The summed E-state index contributed by atoms with van der Waals surface area (Å²) in [6, 6.07) is 4.60. The molecule has 1 aromatic rings. The molecule has 1 aliphatic carbocycles. The molecule has 146 valence electrons. The fraction of sp³-hybridized carbons (Fsp3) is 0.389. The summed E-state index contributed by atoms with van der Waals surface area (Å²) >= 11 is 7.52. The zero-order valence-corrected chi connectivity index (χ0v) is 17.4. The second kappa shape index (κ2) is 7.48. The fourth-order valence-corrected chi connectivity index (χ4v) is 5.82. The summed E-state index contributed by atoms with van der Waals surface area (Å²) in [5, 5.41) is 0.838. The number of allylic oxidation sites excluding steroid dienone is 2. The Morgan fingerprint density at radius 3 is 2.89 bits per heavy atom. The van der Waals surface area contributed by atoms with Crippen LogP contribution in [0.1, 0.15) is 25.3 Å². The van der Waals surface area contributed by atoms with Gasteiger partial charge in [-0.3, -0.25) is 9.71 Å². The molecule has 0 aromatic heterocycles. The third-order valence-corrected chi connectivity index (χ3v) is 7.67. The summed E-state index contributed by atoms with van der Waals surface area (Å²) in [7, 11) is -3.98. The van der Waals surface area contributed by atoms with Gasteiger partial charge in [0, 0.05) is 16.7 Å². The summed E-state index contributed by atoms with van der Waals surface area (Å²) < 4.78 is 42.3. The van der Waals surface area contributed by atoms with E-state index in [4.69, 9.17) is 17.3 Å². The molecule has 0 fully saturated rings. The van der Waals surface area contributed by atoms with Crippen molar-refractivity contribution < 1.29 is 12.8 Å². The molecule has 2 aliphatic rings. The molecule has 2 atom stereocenters. The molecule has 2 unspecified atom stereocenters. The van der Waals surface area contributed by atoms with Crippen LogP contribution in [0.15, 0.2) is 51.8 Å². The van der Waals surface area contributed by atoms with Crippen molar-refractivity contribution in [3.63, 3.8) is 0 Å². The number of aliphatic imine (C=N–C) groups is 1. The Morgan fingerprint density at radius 1 is 1.44 bits per heavy atom. The summed E-state index contributed by atoms with van der Waals surface area (Å²) in [5.41, 5.74) is 5.72. The number of nitrogens with two attached hydrogens (primary N) is 1. The molecule has 1 heterocycles. The highest BCUT2D eigenvalue weighted by Gasteiger charge is 2.37. The molecule has 1 aliphatic heterocycles. The number of benzene rings is 1. The van der Waals surface area contributed by atoms with E-state index in [-0.39, 0.29) is 16.5 Å². The standard InChI is InChI=1S/C18H21ClFN3O2S2/c1-11-13(19)4-3-5-16(11)27(24,25)23-15-10-12(6-7-14(15)20)18(2)8-9-26-17(21)22-18/h3-5,7,10,12,23H,6,8-9H2,1-2H3,(H2,21,22). The van der Waals surface area contributed by atoms with Crippen LogP contribution in [0.25, 0.3) is 0 Å². The molecule has 0 saturated heterocycles. The number of nitrogens with zero attached hydrogens (tertiary/aromatic N) is 1. The van der Waals surface area contributed by atoms with Crippen LogP contribution in [0.3, 0.4) is 0 Å². The third-order valence-electron chi connectivity index (χ3n) is 4.95. The van der Waals surface area contributed by atoms with E-state index >= 15 is 0 Å². The number of thioether (sulfide) groups is 1. The molecule has 9 heteroatoms. The van der Waals surface area contributed by atoms with Crippen LogP contribution in [0, 0.1) is 12.8 Å². The molecule has 5 nitrogen and oxygen atoms in total.